The summed E-state index contributed by atoms with van der Waals surface area (Å²) < 4.78 is 5.33. The summed E-state index contributed by atoms with van der Waals surface area (Å²) in [5, 5.41) is 4.11. The Kier molecular flexibility index (Phi) is 4.62. The Morgan fingerprint density at radius 2 is 2.00 bits per heavy atom. The lowest BCUT2D eigenvalue weighted by atomic mass is 10.2. The minimum Gasteiger partial charge on any atom is -0.339 e. The van der Waals surface area contributed by atoms with Gasteiger partial charge in [0.1, 0.15) is 0 Å². The van der Waals surface area contributed by atoms with E-state index in [1.165, 1.54) is 18.4 Å². The Bertz CT molecular complexity index is 550. The van der Waals surface area contributed by atoms with E-state index in [4.69, 9.17) is 10.3 Å². The largest absolute Gasteiger partial charge is 0.339 e. The molecule has 1 aliphatic rings. The van der Waals surface area contributed by atoms with Crippen LogP contribution >= 0.6 is 0 Å². The molecule has 1 saturated carbocycles. The van der Waals surface area contributed by atoms with Gasteiger partial charge in [-0.05, 0) is 31.4 Å². The van der Waals surface area contributed by atoms with Gasteiger partial charge < -0.3 is 10.3 Å². The molecule has 0 amide bonds. The number of hydrogen-bond donors (Lipinski definition) is 1. The fourth-order valence-corrected chi connectivity index (χ4v) is 2.40. The van der Waals surface area contributed by atoms with E-state index in [2.05, 4.69) is 39.3 Å². The number of nitrogens with zero attached hydrogens (tertiary/aromatic N) is 3. The summed E-state index contributed by atoms with van der Waals surface area (Å²) in [6, 6.07) is 10.4. The number of aromatic nitrogens is 2. The second-order valence-electron chi connectivity index (χ2n) is 5.66. The molecule has 1 aliphatic carbocycles. The molecular weight excluding hydrogens is 264 g/mol. The van der Waals surface area contributed by atoms with Crippen LogP contribution in [0.1, 0.15) is 42.5 Å². The summed E-state index contributed by atoms with van der Waals surface area (Å²) in [6.45, 7) is 3.24. The van der Waals surface area contributed by atoms with Crippen molar-refractivity contribution in [1.29, 1.82) is 0 Å². The van der Waals surface area contributed by atoms with Gasteiger partial charge in [0, 0.05) is 19.0 Å². The Morgan fingerprint density at radius 1 is 1.19 bits per heavy atom. The molecule has 5 nitrogen and oxygen atoms in total. The zero-order valence-corrected chi connectivity index (χ0v) is 12.2. The van der Waals surface area contributed by atoms with Crippen molar-refractivity contribution in [2.24, 2.45) is 5.73 Å². The van der Waals surface area contributed by atoms with Gasteiger partial charge >= 0.3 is 0 Å². The van der Waals surface area contributed by atoms with Crippen LogP contribution in [0.5, 0.6) is 0 Å². The highest BCUT2D eigenvalue weighted by atomic mass is 16.5. The van der Waals surface area contributed by atoms with Gasteiger partial charge in [-0.15, -0.1) is 0 Å². The van der Waals surface area contributed by atoms with Gasteiger partial charge in [0.15, 0.2) is 5.82 Å². The molecule has 0 aliphatic heterocycles. The quantitative estimate of drug-likeness (QED) is 0.806. The van der Waals surface area contributed by atoms with Crippen molar-refractivity contribution in [3.05, 3.63) is 47.6 Å². The van der Waals surface area contributed by atoms with Gasteiger partial charge in [-0.1, -0.05) is 35.5 Å². The first-order valence-electron chi connectivity index (χ1n) is 7.64. The molecule has 0 unspecified atom stereocenters. The average molecular weight is 286 g/mol. The van der Waals surface area contributed by atoms with E-state index >= 15 is 0 Å². The summed E-state index contributed by atoms with van der Waals surface area (Å²) in [4.78, 5) is 6.83. The van der Waals surface area contributed by atoms with Gasteiger partial charge in [-0.25, -0.2) is 0 Å². The van der Waals surface area contributed by atoms with Crippen LogP contribution in [0.2, 0.25) is 0 Å². The number of benzene rings is 1. The smallest absolute Gasteiger partial charge is 0.229 e. The molecule has 112 valence electrons. The van der Waals surface area contributed by atoms with Gasteiger partial charge in [0.2, 0.25) is 5.89 Å². The summed E-state index contributed by atoms with van der Waals surface area (Å²) in [5.74, 6) is 2.10. The first kappa shape index (κ1) is 14.2. The minimum atomic E-state index is 0.512. The van der Waals surface area contributed by atoms with E-state index in [0.29, 0.717) is 19.0 Å². The Morgan fingerprint density at radius 3 is 2.71 bits per heavy atom. The van der Waals surface area contributed by atoms with E-state index in [-0.39, 0.29) is 0 Å². The number of rotatable bonds is 8. The lowest BCUT2D eigenvalue weighted by Gasteiger charge is -2.20. The van der Waals surface area contributed by atoms with Crippen LogP contribution < -0.4 is 5.73 Å². The lowest BCUT2D eigenvalue weighted by molar-refractivity contribution is 0.244. The molecular formula is C16H22N4O. The molecule has 5 heteroatoms. The molecule has 0 spiro atoms. The molecule has 1 aromatic carbocycles. The van der Waals surface area contributed by atoms with Gasteiger partial charge in [-0.3, -0.25) is 4.90 Å². The molecule has 2 N–H and O–H groups in total. The lowest BCUT2D eigenvalue weighted by Crippen LogP contribution is -2.26. The predicted molar refractivity (Wildman–Crippen MR) is 80.5 cm³/mol. The maximum absolute atomic E-state index is 5.64. The van der Waals surface area contributed by atoms with Crippen molar-refractivity contribution < 1.29 is 4.52 Å². The van der Waals surface area contributed by atoms with Crippen LogP contribution in [0.3, 0.4) is 0 Å². The van der Waals surface area contributed by atoms with Gasteiger partial charge in [-0.2, -0.15) is 4.98 Å². The summed E-state index contributed by atoms with van der Waals surface area (Å²) in [7, 11) is 0. The highest BCUT2D eigenvalue weighted by Gasteiger charge is 2.29. The zero-order chi connectivity index (χ0) is 14.5. The van der Waals surface area contributed by atoms with Crippen LogP contribution in [0, 0.1) is 0 Å². The van der Waals surface area contributed by atoms with Crippen molar-refractivity contribution in [3.63, 3.8) is 0 Å². The molecule has 0 atom stereocenters. The van der Waals surface area contributed by atoms with Crippen molar-refractivity contribution in [1.82, 2.24) is 15.0 Å². The molecule has 0 saturated heterocycles. The third-order valence-electron chi connectivity index (χ3n) is 3.70. The third kappa shape index (κ3) is 4.12. The summed E-state index contributed by atoms with van der Waals surface area (Å²) >= 11 is 0. The minimum absolute atomic E-state index is 0.512. The predicted octanol–water partition coefficient (Wildman–Crippen LogP) is 2.30. The van der Waals surface area contributed by atoms with E-state index in [9.17, 15) is 0 Å². The monoisotopic (exact) mass is 286 g/mol. The van der Waals surface area contributed by atoms with Crippen LogP contribution in [0.25, 0.3) is 0 Å². The fraction of sp³-hybridized carbons (Fsp3) is 0.500. The average Bonchev–Trinajstić information content (AvgIpc) is 3.26. The normalized spacial score (nSPS) is 14.8. The third-order valence-corrected chi connectivity index (χ3v) is 3.70. The zero-order valence-electron chi connectivity index (χ0n) is 12.2. The molecule has 1 heterocycles. The van der Waals surface area contributed by atoms with Gasteiger partial charge in [0.05, 0.1) is 6.54 Å². The molecule has 2 aromatic rings. The highest BCUT2D eigenvalue weighted by Crippen LogP contribution is 2.38. The standard InChI is InChI=1S/C16H22N4O/c17-9-4-10-20(11-13-5-2-1-3-6-13)12-15-18-16(21-19-15)14-7-8-14/h1-3,5-6,14H,4,7-12,17H2. The van der Waals surface area contributed by atoms with Crippen molar-refractivity contribution in [2.45, 2.75) is 38.3 Å². The first-order chi connectivity index (χ1) is 10.3. The van der Waals surface area contributed by atoms with Crippen LogP contribution in [-0.2, 0) is 13.1 Å². The fourth-order valence-electron chi connectivity index (χ4n) is 2.40. The summed E-state index contributed by atoms with van der Waals surface area (Å²) in [6.07, 6.45) is 3.34. The molecule has 21 heavy (non-hydrogen) atoms. The van der Waals surface area contributed by atoms with E-state index in [1.54, 1.807) is 0 Å². The Hall–Kier alpha value is -1.72. The van der Waals surface area contributed by atoms with Crippen LogP contribution in [0.15, 0.2) is 34.9 Å². The van der Waals surface area contributed by atoms with E-state index in [1.807, 2.05) is 6.07 Å². The second kappa shape index (κ2) is 6.83. The molecule has 1 fully saturated rings. The topological polar surface area (TPSA) is 68.2 Å². The maximum Gasteiger partial charge on any atom is 0.229 e. The Balaban J connectivity index is 1.63. The molecule has 3 rings (SSSR count). The van der Waals surface area contributed by atoms with E-state index < -0.39 is 0 Å². The number of hydrogen-bond acceptors (Lipinski definition) is 5. The van der Waals surface area contributed by atoms with Crippen LogP contribution in [-0.4, -0.2) is 28.1 Å². The molecule has 1 aromatic heterocycles. The summed E-state index contributed by atoms with van der Waals surface area (Å²) in [5.41, 5.74) is 6.93. The molecule has 0 bridgehead atoms. The van der Waals surface area contributed by atoms with Crippen molar-refractivity contribution >= 4 is 0 Å². The highest BCUT2D eigenvalue weighted by molar-refractivity contribution is 5.14. The van der Waals surface area contributed by atoms with Gasteiger partial charge in [0.25, 0.3) is 0 Å². The van der Waals surface area contributed by atoms with Crippen LogP contribution in [0.4, 0.5) is 0 Å². The Labute approximate surface area is 125 Å². The van der Waals surface area contributed by atoms with Crippen molar-refractivity contribution in [3.8, 4) is 0 Å². The first-order valence-corrected chi connectivity index (χ1v) is 7.64. The molecule has 0 radical (unpaired) electrons. The second-order valence-corrected chi connectivity index (χ2v) is 5.66. The SMILES string of the molecule is NCCCN(Cc1ccccc1)Cc1noc(C2CC2)n1. The number of nitrogens with two attached hydrogens (primary N) is 1. The maximum atomic E-state index is 5.64. The van der Waals surface area contributed by atoms with E-state index in [0.717, 1.165) is 31.2 Å². The van der Waals surface area contributed by atoms with Crippen molar-refractivity contribution in [2.75, 3.05) is 13.1 Å².